The van der Waals surface area contributed by atoms with E-state index in [4.69, 9.17) is 9.47 Å². The topological polar surface area (TPSA) is 31.4 Å². The van der Waals surface area contributed by atoms with Gasteiger partial charge in [0, 0.05) is 7.11 Å². The summed E-state index contributed by atoms with van der Waals surface area (Å²) in [4.78, 5) is 4.22. The first-order chi connectivity index (χ1) is 6.33. The number of rotatable bonds is 5. The van der Waals surface area contributed by atoms with Crippen molar-refractivity contribution >= 4 is 15.9 Å². The molecule has 0 aliphatic heterocycles. The van der Waals surface area contributed by atoms with E-state index in [2.05, 4.69) is 20.9 Å². The maximum Gasteiger partial charge on any atom is 0.106 e. The molecule has 3 nitrogen and oxygen atoms in total. The van der Waals surface area contributed by atoms with Crippen molar-refractivity contribution in [3.05, 3.63) is 28.5 Å². The summed E-state index contributed by atoms with van der Waals surface area (Å²) in [5.41, 5.74) is 0.922. The molecular formula is C9H12BrNO2. The highest BCUT2D eigenvalue weighted by Gasteiger charge is 1.95. The van der Waals surface area contributed by atoms with Crippen molar-refractivity contribution in [1.82, 2.24) is 4.98 Å². The number of pyridine rings is 1. The maximum atomic E-state index is 5.31. The van der Waals surface area contributed by atoms with E-state index in [1.54, 1.807) is 7.11 Å². The van der Waals surface area contributed by atoms with Gasteiger partial charge in [-0.2, -0.15) is 0 Å². The average molecular weight is 246 g/mol. The van der Waals surface area contributed by atoms with Crippen LogP contribution in [0.5, 0.6) is 0 Å². The normalized spacial score (nSPS) is 10.3. The zero-order chi connectivity index (χ0) is 9.52. The van der Waals surface area contributed by atoms with Crippen LogP contribution in [-0.4, -0.2) is 25.3 Å². The standard InChI is InChI=1S/C9H12BrNO2/c1-12-5-6-13-7-8-3-2-4-9(10)11-8/h2-4H,5-7H2,1H3. The molecule has 1 rings (SSSR count). The van der Waals surface area contributed by atoms with E-state index in [1.807, 2.05) is 18.2 Å². The fraction of sp³-hybridized carbons (Fsp3) is 0.444. The van der Waals surface area contributed by atoms with E-state index >= 15 is 0 Å². The molecule has 13 heavy (non-hydrogen) atoms. The molecule has 0 amide bonds. The lowest BCUT2D eigenvalue weighted by molar-refractivity contribution is 0.0601. The van der Waals surface area contributed by atoms with Crippen LogP contribution in [0.1, 0.15) is 5.69 Å². The van der Waals surface area contributed by atoms with Crippen molar-refractivity contribution in [1.29, 1.82) is 0 Å². The van der Waals surface area contributed by atoms with Crippen LogP contribution in [0.25, 0.3) is 0 Å². The first kappa shape index (κ1) is 10.6. The molecule has 0 saturated heterocycles. The molecule has 0 bridgehead atoms. The third-order valence-corrected chi connectivity index (χ3v) is 1.90. The summed E-state index contributed by atoms with van der Waals surface area (Å²) in [6.45, 7) is 1.75. The van der Waals surface area contributed by atoms with Gasteiger partial charge in [0.1, 0.15) is 4.60 Å². The largest absolute Gasteiger partial charge is 0.382 e. The third-order valence-electron chi connectivity index (χ3n) is 1.45. The van der Waals surface area contributed by atoms with Gasteiger partial charge in [0.15, 0.2) is 0 Å². The van der Waals surface area contributed by atoms with Gasteiger partial charge in [-0.3, -0.25) is 0 Å². The second kappa shape index (κ2) is 6.07. The third kappa shape index (κ3) is 4.36. The fourth-order valence-electron chi connectivity index (χ4n) is 0.850. The predicted octanol–water partition coefficient (Wildman–Crippen LogP) is 2.01. The van der Waals surface area contributed by atoms with Crippen LogP contribution in [0.15, 0.2) is 22.8 Å². The highest BCUT2D eigenvalue weighted by Crippen LogP contribution is 2.06. The van der Waals surface area contributed by atoms with Gasteiger partial charge in [-0.15, -0.1) is 0 Å². The summed E-state index contributed by atoms with van der Waals surface area (Å²) < 4.78 is 11.0. The van der Waals surface area contributed by atoms with Crippen LogP contribution in [0.3, 0.4) is 0 Å². The van der Waals surface area contributed by atoms with Crippen LogP contribution in [0, 0.1) is 0 Å². The lowest BCUT2D eigenvalue weighted by Crippen LogP contribution is -2.02. The summed E-state index contributed by atoms with van der Waals surface area (Å²) in [6.07, 6.45) is 0. The molecule has 1 aromatic heterocycles. The number of aromatic nitrogens is 1. The first-order valence-corrected chi connectivity index (χ1v) is 4.80. The molecule has 0 radical (unpaired) electrons. The SMILES string of the molecule is COCCOCc1cccc(Br)n1. The van der Waals surface area contributed by atoms with E-state index in [9.17, 15) is 0 Å². The van der Waals surface area contributed by atoms with Gasteiger partial charge < -0.3 is 9.47 Å². The molecule has 0 unspecified atom stereocenters. The summed E-state index contributed by atoms with van der Waals surface area (Å²) in [5, 5.41) is 0. The molecule has 0 fully saturated rings. The van der Waals surface area contributed by atoms with Gasteiger partial charge >= 0.3 is 0 Å². The van der Waals surface area contributed by atoms with Crippen molar-refractivity contribution in [2.75, 3.05) is 20.3 Å². The molecule has 0 aliphatic rings. The lowest BCUT2D eigenvalue weighted by atomic mass is 10.4. The lowest BCUT2D eigenvalue weighted by Gasteiger charge is -2.02. The monoisotopic (exact) mass is 245 g/mol. The molecule has 0 N–H and O–H groups in total. The number of hydrogen-bond acceptors (Lipinski definition) is 3. The van der Waals surface area contributed by atoms with Crippen molar-refractivity contribution < 1.29 is 9.47 Å². The maximum absolute atomic E-state index is 5.31. The van der Waals surface area contributed by atoms with Gasteiger partial charge in [-0.05, 0) is 28.1 Å². The van der Waals surface area contributed by atoms with Gasteiger partial charge in [0.2, 0.25) is 0 Å². The molecule has 0 spiro atoms. The number of ether oxygens (including phenoxy) is 2. The second-order valence-electron chi connectivity index (χ2n) is 2.50. The van der Waals surface area contributed by atoms with Crippen LogP contribution in [0.2, 0.25) is 0 Å². The minimum atomic E-state index is 0.531. The van der Waals surface area contributed by atoms with E-state index < -0.39 is 0 Å². The molecule has 72 valence electrons. The summed E-state index contributed by atoms with van der Waals surface area (Å²) in [5.74, 6) is 0. The second-order valence-corrected chi connectivity index (χ2v) is 3.31. The average Bonchev–Trinajstić information content (AvgIpc) is 2.13. The Morgan fingerprint density at radius 2 is 2.23 bits per heavy atom. The van der Waals surface area contributed by atoms with E-state index in [0.717, 1.165) is 10.3 Å². The Labute approximate surface area is 86.2 Å². The fourth-order valence-corrected chi connectivity index (χ4v) is 1.23. The molecule has 0 saturated carbocycles. The smallest absolute Gasteiger partial charge is 0.106 e. The zero-order valence-electron chi connectivity index (χ0n) is 7.50. The number of nitrogens with zero attached hydrogens (tertiary/aromatic N) is 1. The van der Waals surface area contributed by atoms with E-state index in [1.165, 1.54) is 0 Å². The highest BCUT2D eigenvalue weighted by molar-refractivity contribution is 9.10. The van der Waals surface area contributed by atoms with Crippen molar-refractivity contribution in [2.24, 2.45) is 0 Å². The van der Waals surface area contributed by atoms with E-state index in [0.29, 0.717) is 19.8 Å². The molecule has 1 heterocycles. The minimum Gasteiger partial charge on any atom is -0.382 e. The predicted molar refractivity (Wildman–Crippen MR) is 53.5 cm³/mol. The Bertz CT molecular complexity index is 255. The Hall–Kier alpha value is -0.450. The van der Waals surface area contributed by atoms with Gasteiger partial charge in [0.05, 0.1) is 25.5 Å². The molecular weight excluding hydrogens is 234 g/mol. The van der Waals surface area contributed by atoms with Crippen molar-refractivity contribution in [3.8, 4) is 0 Å². The Kier molecular flexibility index (Phi) is 4.97. The molecule has 0 aliphatic carbocycles. The van der Waals surface area contributed by atoms with Crippen LogP contribution < -0.4 is 0 Å². The summed E-state index contributed by atoms with van der Waals surface area (Å²) in [7, 11) is 1.65. The number of halogens is 1. The molecule has 4 heteroatoms. The Morgan fingerprint density at radius 1 is 1.38 bits per heavy atom. The highest BCUT2D eigenvalue weighted by atomic mass is 79.9. The zero-order valence-corrected chi connectivity index (χ0v) is 9.08. The molecule has 1 aromatic rings. The Balaban J connectivity index is 2.28. The number of methoxy groups -OCH3 is 1. The summed E-state index contributed by atoms with van der Waals surface area (Å²) >= 11 is 3.29. The van der Waals surface area contributed by atoms with Gasteiger partial charge in [-0.25, -0.2) is 4.98 Å². The number of hydrogen-bond donors (Lipinski definition) is 0. The van der Waals surface area contributed by atoms with Crippen molar-refractivity contribution in [3.63, 3.8) is 0 Å². The Morgan fingerprint density at radius 3 is 2.92 bits per heavy atom. The van der Waals surface area contributed by atoms with Crippen LogP contribution in [0.4, 0.5) is 0 Å². The van der Waals surface area contributed by atoms with Gasteiger partial charge in [0.25, 0.3) is 0 Å². The summed E-state index contributed by atoms with van der Waals surface area (Å²) in [6, 6.07) is 5.75. The quantitative estimate of drug-likeness (QED) is 0.588. The van der Waals surface area contributed by atoms with Crippen LogP contribution >= 0.6 is 15.9 Å². The van der Waals surface area contributed by atoms with Crippen molar-refractivity contribution in [2.45, 2.75) is 6.61 Å². The molecule has 0 aromatic carbocycles. The van der Waals surface area contributed by atoms with E-state index in [-0.39, 0.29) is 0 Å². The van der Waals surface area contributed by atoms with Gasteiger partial charge in [-0.1, -0.05) is 6.07 Å². The minimum absolute atomic E-state index is 0.531. The molecule has 0 atom stereocenters. The first-order valence-electron chi connectivity index (χ1n) is 4.01. The van der Waals surface area contributed by atoms with Crippen LogP contribution in [-0.2, 0) is 16.1 Å².